The Morgan fingerprint density at radius 2 is 1.07 bits per heavy atom. The Kier molecular flexibility index (Phi) is 12.6. The average Bonchev–Trinajstić information content (AvgIpc) is 2.88. The third-order valence-corrected chi connectivity index (χ3v) is 11.4. The van der Waals surface area contributed by atoms with Crippen molar-refractivity contribution < 1.29 is 31.1 Å². The predicted molar refractivity (Wildman–Crippen MR) is 164 cm³/mol. The molecule has 0 N–H and O–H groups in total. The maximum absolute atomic E-state index is 13.9. The van der Waals surface area contributed by atoms with Crippen molar-refractivity contribution in [2.75, 3.05) is 13.2 Å². The minimum atomic E-state index is -4.74. The molecule has 0 amide bonds. The van der Waals surface area contributed by atoms with E-state index in [9.17, 15) is 22.4 Å². The van der Waals surface area contributed by atoms with Gasteiger partial charge in [0.1, 0.15) is 11.5 Å². The van der Waals surface area contributed by atoms with Crippen LogP contribution in [0.4, 0.5) is 0 Å². The lowest BCUT2D eigenvalue weighted by Gasteiger charge is -2.18. The van der Waals surface area contributed by atoms with Crippen molar-refractivity contribution in [3.05, 3.63) is 52.1 Å². The second-order valence-electron chi connectivity index (χ2n) is 11.1. The highest BCUT2D eigenvalue weighted by Gasteiger charge is 2.46. The Hall–Kier alpha value is -2.68. The van der Waals surface area contributed by atoms with E-state index in [1.807, 2.05) is 27.7 Å². The van der Waals surface area contributed by atoms with E-state index < -0.39 is 24.1 Å². The van der Waals surface area contributed by atoms with Gasteiger partial charge in [0.15, 0.2) is 0 Å². The molecule has 0 heterocycles. The van der Waals surface area contributed by atoms with Crippen molar-refractivity contribution >= 4 is 24.1 Å². The predicted octanol–water partition coefficient (Wildman–Crippen LogP) is 7.52. The zero-order valence-electron chi connectivity index (χ0n) is 25.8. The summed E-state index contributed by atoms with van der Waals surface area (Å²) in [6, 6.07) is 6.10. The van der Waals surface area contributed by atoms with Crippen LogP contribution in [0.5, 0.6) is 11.5 Å². The third kappa shape index (κ3) is 8.21. The molecule has 0 aliphatic carbocycles. The summed E-state index contributed by atoms with van der Waals surface area (Å²) in [7, 11) is -9.49. The first-order valence-corrected chi connectivity index (χ1v) is 17.5. The zero-order valence-corrected chi connectivity index (χ0v) is 27.4. The number of hydrogen-bond acceptors (Lipinski definition) is 6. The Bertz CT molecular complexity index is 1370. The SMILES string of the molecule is CCCCCOc1cc(C)c(S(=O)(=O)C(=[N+]=[N-])S(=O)(=O)c2cc(C(C)C)c(OCCCCC)cc2C)cc1C(C)C. The molecule has 228 valence electrons. The molecule has 0 saturated heterocycles. The van der Waals surface area contributed by atoms with Gasteiger partial charge in [-0.3, -0.25) is 0 Å². The van der Waals surface area contributed by atoms with Gasteiger partial charge in [0.05, 0.1) is 23.0 Å². The monoisotopic (exact) mass is 606 g/mol. The maximum atomic E-state index is 13.9. The molecule has 0 aliphatic heterocycles. The van der Waals surface area contributed by atoms with Crippen LogP contribution < -0.4 is 9.47 Å². The van der Waals surface area contributed by atoms with Gasteiger partial charge in [-0.25, -0.2) is 16.8 Å². The summed E-state index contributed by atoms with van der Waals surface area (Å²) in [5.41, 5.74) is 11.7. The van der Waals surface area contributed by atoms with Crippen molar-refractivity contribution in [1.82, 2.24) is 0 Å². The molecule has 0 unspecified atom stereocenters. The Balaban J connectivity index is 2.61. The van der Waals surface area contributed by atoms with E-state index >= 15 is 0 Å². The topological polar surface area (TPSA) is 123 Å². The summed E-state index contributed by atoms with van der Waals surface area (Å²) in [5.74, 6) is 0.921. The average molecular weight is 607 g/mol. The van der Waals surface area contributed by atoms with Crippen LogP contribution in [-0.2, 0) is 19.7 Å². The largest absolute Gasteiger partial charge is 0.504 e. The number of nitrogens with zero attached hydrogens (tertiary/aromatic N) is 2. The summed E-state index contributed by atoms with van der Waals surface area (Å²) in [5, 5.41) is 0. The van der Waals surface area contributed by atoms with E-state index in [4.69, 9.17) is 9.47 Å². The fraction of sp³-hybridized carbons (Fsp3) is 0.581. The molecule has 0 bridgehead atoms. The molecular weight excluding hydrogens is 560 g/mol. The second-order valence-corrected chi connectivity index (χ2v) is 15.0. The number of ether oxygens (including phenoxy) is 2. The van der Waals surface area contributed by atoms with E-state index in [1.54, 1.807) is 26.0 Å². The van der Waals surface area contributed by atoms with E-state index in [0.29, 0.717) is 47.0 Å². The van der Waals surface area contributed by atoms with Gasteiger partial charge in [-0.1, -0.05) is 67.2 Å². The number of unbranched alkanes of at least 4 members (excludes halogenated alkanes) is 4. The molecule has 0 aromatic heterocycles. The molecule has 0 fully saturated rings. The molecular formula is C31H46N2O6S2. The molecule has 2 rings (SSSR count). The lowest BCUT2D eigenvalue weighted by Crippen LogP contribution is -2.28. The molecule has 41 heavy (non-hydrogen) atoms. The number of rotatable bonds is 14. The number of benzene rings is 2. The minimum absolute atomic E-state index is 0.0995. The molecule has 0 aliphatic rings. The Morgan fingerprint density at radius 1 is 0.707 bits per heavy atom. The first-order chi connectivity index (χ1) is 19.2. The van der Waals surface area contributed by atoms with E-state index in [0.717, 1.165) is 38.5 Å². The molecule has 2 aromatic carbocycles. The summed E-state index contributed by atoms with van der Waals surface area (Å²) in [4.78, 5) is 2.40. The quantitative estimate of drug-likeness (QED) is 0.0720. The minimum Gasteiger partial charge on any atom is -0.493 e. The molecule has 0 saturated carbocycles. The molecule has 0 radical (unpaired) electrons. The highest BCUT2D eigenvalue weighted by atomic mass is 32.3. The van der Waals surface area contributed by atoms with Crippen LogP contribution in [0.25, 0.3) is 5.53 Å². The van der Waals surface area contributed by atoms with Crippen molar-refractivity contribution in [1.29, 1.82) is 0 Å². The number of sulfone groups is 2. The maximum Gasteiger partial charge on any atom is 0.504 e. The number of hydrogen-bond donors (Lipinski definition) is 0. The standard InChI is InChI=1S/C31H46N2O6S2/c1-9-11-13-15-38-27-17-23(7)29(19-25(27)21(3)4)40(34,35)31(33-32)41(36,37)30-20-26(22(5)6)28(18-24(30)8)39-16-14-12-10-2/h17-22H,9-16H2,1-8H3. The van der Waals surface area contributed by atoms with Crippen LogP contribution >= 0.6 is 0 Å². The van der Waals surface area contributed by atoms with Gasteiger partial charge in [-0.2, -0.15) is 0 Å². The summed E-state index contributed by atoms with van der Waals surface area (Å²) in [6.45, 7) is 15.9. The normalized spacial score (nSPS) is 12.0. The van der Waals surface area contributed by atoms with Gasteiger partial charge in [-0.05, 0) is 85.0 Å². The highest BCUT2D eigenvalue weighted by molar-refractivity contribution is 8.31. The number of aryl methyl sites for hydroxylation is 2. The van der Waals surface area contributed by atoms with Gasteiger partial charge < -0.3 is 15.0 Å². The fourth-order valence-corrected chi connectivity index (χ4v) is 8.41. The van der Waals surface area contributed by atoms with Crippen LogP contribution in [0.15, 0.2) is 34.1 Å². The molecule has 0 atom stereocenters. The van der Waals surface area contributed by atoms with Crippen molar-refractivity contribution in [2.45, 2.75) is 116 Å². The van der Waals surface area contributed by atoms with Gasteiger partial charge in [-0.15, -0.1) is 4.79 Å². The van der Waals surface area contributed by atoms with Crippen LogP contribution in [0.1, 0.15) is 114 Å². The summed E-state index contributed by atoms with van der Waals surface area (Å²) < 4.78 is 66.0. The van der Waals surface area contributed by atoms with Crippen molar-refractivity contribution in [3.8, 4) is 11.5 Å². The lowest BCUT2D eigenvalue weighted by atomic mass is 10.0. The van der Waals surface area contributed by atoms with Crippen LogP contribution in [0.3, 0.4) is 0 Å². The van der Waals surface area contributed by atoms with Gasteiger partial charge >= 0.3 is 4.38 Å². The van der Waals surface area contributed by atoms with Crippen molar-refractivity contribution in [2.24, 2.45) is 0 Å². The summed E-state index contributed by atoms with van der Waals surface area (Å²) >= 11 is 0. The lowest BCUT2D eigenvalue weighted by molar-refractivity contribution is 0.00379. The Morgan fingerprint density at radius 3 is 1.37 bits per heavy atom. The fourth-order valence-electron chi connectivity index (χ4n) is 4.59. The first kappa shape index (κ1) is 34.5. The van der Waals surface area contributed by atoms with E-state index in [1.165, 1.54) is 12.1 Å². The van der Waals surface area contributed by atoms with Gasteiger partial charge in [0.25, 0.3) is 19.7 Å². The third-order valence-electron chi connectivity index (χ3n) is 6.99. The highest BCUT2D eigenvalue weighted by Crippen LogP contribution is 2.36. The zero-order chi connectivity index (χ0) is 31.0. The van der Waals surface area contributed by atoms with Crippen LogP contribution in [-0.4, -0.2) is 39.2 Å². The van der Waals surface area contributed by atoms with E-state index in [-0.39, 0.29) is 21.6 Å². The van der Waals surface area contributed by atoms with Crippen molar-refractivity contribution in [3.63, 3.8) is 0 Å². The Labute approximate surface area is 246 Å². The van der Waals surface area contributed by atoms with Gasteiger partial charge in [0.2, 0.25) is 0 Å². The first-order valence-electron chi connectivity index (χ1n) is 14.5. The molecule has 10 heteroatoms. The van der Waals surface area contributed by atoms with Gasteiger partial charge in [0, 0.05) is 0 Å². The van der Waals surface area contributed by atoms with Crippen LogP contribution in [0.2, 0.25) is 0 Å². The molecule has 8 nitrogen and oxygen atoms in total. The molecule has 2 aromatic rings. The smallest absolute Gasteiger partial charge is 0.493 e. The summed E-state index contributed by atoms with van der Waals surface area (Å²) in [6.07, 6.45) is 5.85. The second kappa shape index (κ2) is 15.0. The van der Waals surface area contributed by atoms with Crippen LogP contribution in [0, 0.1) is 13.8 Å². The molecule has 0 spiro atoms. The van der Waals surface area contributed by atoms with E-state index in [2.05, 4.69) is 18.6 Å².